The average Bonchev–Trinajstić information content (AvgIpc) is 4.03. The van der Waals surface area contributed by atoms with Crippen molar-refractivity contribution < 1.29 is 4.42 Å². The number of hydrogen-bond donors (Lipinski definition) is 0. The van der Waals surface area contributed by atoms with Gasteiger partial charge in [0.25, 0.3) is 0 Å². The highest BCUT2D eigenvalue weighted by Gasteiger charge is 2.25. The van der Waals surface area contributed by atoms with E-state index in [0.29, 0.717) is 17.6 Å². The molecule has 9 aromatic carbocycles. The van der Waals surface area contributed by atoms with Gasteiger partial charge >= 0.3 is 0 Å². The van der Waals surface area contributed by atoms with E-state index in [1.807, 2.05) is 36.4 Å². The maximum Gasteiger partial charge on any atom is 0.238 e. The van der Waals surface area contributed by atoms with Gasteiger partial charge in [-0.15, -0.1) is 0 Å². The molecular weight excluding hydrogens is 771 g/mol. The van der Waals surface area contributed by atoms with E-state index in [0.717, 1.165) is 88.1 Å². The highest BCUT2D eigenvalue weighted by Crippen LogP contribution is 2.43. The van der Waals surface area contributed by atoms with Crippen LogP contribution >= 0.6 is 0 Å². The first-order chi connectivity index (χ1) is 31.3. The lowest BCUT2D eigenvalue weighted by molar-refractivity contribution is 0.670. The molecule has 0 aliphatic rings. The van der Waals surface area contributed by atoms with E-state index in [2.05, 4.69) is 185 Å². The Morgan fingerprint density at radius 2 is 0.857 bits per heavy atom. The molecular formula is C57H35N5O. The largest absolute Gasteiger partial charge is 0.455 e. The maximum atomic E-state index is 6.72. The molecule has 6 nitrogen and oxygen atoms in total. The molecule has 294 valence electrons. The van der Waals surface area contributed by atoms with Crippen molar-refractivity contribution in [1.29, 1.82) is 0 Å². The smallest absolute Gasteiger partial charge is 0.238 e. The molecule has 4 heterocycles. The number of fused-ring (bicyclic) bond motifs is 10. The van der Waals surface area contributed by atoms with Crippen LogP contribution in [0.1, 0.15) is 0 Å². The minimum Gasteiger partial charge on any atom is -0.455 e. The molecule has 0 aliphatic carbocycles. The zero-order valence-electron chi connectivity index (χ0n) is 33.9. The summed E-state index contributed by atoms with van der Waals surface area (Å²) in [5.41, 5.74) is 13.2. The summed E-state index contributed by atoms with van der Waals surface area (Å²) >= 11 is 0. The number of rotatable bonds is 6. The van der Waals surface area contributed by atoms with Crippen LogP contribution in [0.25, 0.3) is 122 Å². The monoisotopic (exact) mass is 805 g/mol. The summed E-state index contributed by atoms with van der Waals surface area (Å²) in [4.78, 5) is 16.1. The first-order valence-electron chi connectivity index (χ1n) is 21.2. The minimum atomic E-state index is 0.531. The summed E-state index contributed by atoms with van der Waals surface area (Å²) in [5, 5.41) is 6.52. The van der Waals surface area contributed by atoms with Gasteiger partial charge in [0.1, 0.15) is 11.2 Å². The van der Waals surface area contributed by atoms with Crippen molar-refractivity contribution in [1.82, 2.24) is 24.1 Å². The number of nitrogens with zero attached hydrogens (tertiary/aromatic N) is 5. The van der Waals surface area contributed by atoms with Crippen molar-refractivity contribution in [3.63, 3.8) is 0 Å². The van der Waals surface area contributed by atoms with Crippen LogP contribution in [0.5, 0.6) is 0 Å². The summed E-state index contributed by atoms with van der Waals surface area (Å²) in [6.07, 6.45) is 0. The fraction of sp³-hybridized carbons (Fsp3) is 0. The van der Waals surface area contributed by atoms with Crippen molar-refractivity contribution in [2.75, 3.05) is 0 Å². The lowest BCUT2D eigenvalue weighted by Gasteiger charge is -2.14. The lowest BCUT2D eigenvalue weighted by atomic mass is 10.0. The highest BCUT2D eigenvalue weighted by molar-refractivity contribution is 6.24. The van der Waals surface area contributed by atoms with Gasteiger partial charge in [0, 0.05) is 54.7 Å². The fourth-order valence-electron chi connectivity index (χ4n) is 9.59. The van der Waals surface area contributed by atoms with Crippen LogP contribution in [-0.4, -0.2) is 24.1 Å². The normalized spacial score (nSPS) is 11.8. The second-order valence-electron chi connectivity index (χ2n) is 16.0. The van der Waals surface area contributed by atoms with E-state index in [1.165, 1.54) is 16.5 Å². The number of aromatic nitrogens is 5. The Kier molecular flexibility index (Phi) is 7.80. The van der Waals surface area contributed by atoms with E-state index >= 15 is 0 Å². The molecule has 0 aliphatic heterocycles. The molecule has 0 saturated heterocycles. The van der Waals surface area contributed by atoms with Gasteiger partial charge in [-0.3, -0.25) is 4.57 Å². The van der Waals surface area contributed by atoms with Gasteiger partial charge in [0.05, 0.1) is 22.1 Å². The minimum absolute atomic E-state index is 0.531. The molecule has 0 atom stereocenters. The number of hydrogen-bond acceptors (Lipinski definition) is 4. The van der Waals surface area contributed by atoms with Crippen molar-refractivity contribution in [2.45, 2.75) is 0 Å². The summed E-state index contributed by atoms with van der Waals surface area (Å²) < 4.78 is 11.4. The Balaban J connectivity index is 1.12. The third-order valence-electron chi connectivity index (χ3n) is 12.4. The van der Waals surface area contributed by atoms with E-state index in [-0.39, 0.29) is 0 Å². The quantitative estimate of drug-likeness (QED) is 0.168. The first kappa shape index (κ1) is 35.2. The van der Waals surface area contributed by atoms with Gasteiger partial charge in [-0.2, -0.15) is 9.97 Å². The molecule has 0 N–H and O–H groups in total. The zero-order chi connectivity index (χ0) is 41.4. The van der Waals surface area contributed by atoms with Gasteiger partial charge < -0.3 is 8.98 Å². The predicted octanol–water partition coefficient (Wildman–Crippen LogP) is 14.6. The average molecular weight is 806 g/mol. The molecule has 6 heteroatoms. The third kappa shape index (κ3) is 5.48. The van der Waals surface area contributed by atoms with Crippen molar-refractivity contribution in [2.24, 2.45) is 0 Å². The van der Waals surface area contributed by atoms with E-state index < -0.39 is 0 Å². The van der Waals surface area contributed by atoms with Gasteiger partial charge in [-0.05, 0) is 47.0 Å². The first-order valence-corrected chi connectivity index (χ1v) is 21.2. The van der Waals surface area contributed by atoms with Crippen molar-refractivity contribution in [3.8, 4) is 56.7 Å². The summed E-state index contributed by atoms with van der Waals surface area (Å²) in [6, 6.07) is 74.3. The summed E-state index contributed by atoms with van der Waals surface area (Å²) in [5.74, 6) is 1.68. The van der Waals surface area contributed by atoms with Crippen molar-refractivity contribution in [3.05, 3.63) is 212 Å². The zero-order valence-corrected chi connectivity index (χ0v) is 33.9. The van der Waals surface area contributed by atoms with Crippen LogP contribution in [0.4, 0.5) is 0 Å². The predicted molar refractivity (Wildman–Crippen MR) is 258 cm³/mol. The van der Waals surface area contributed by atoms with Gasteiger partial charge in [-0.1, -0.05) is 182 Å². The van der Waals surface area contributed by atoms with Crippen molar-refractivity contribution >= 4 is 65.6 Å². The molecule has 0 amide bonds. The Morgan fingerprint density at radius 1 is 0.333 bits per heavy atom. The standard InChI is InChI=1S/C57H35N5O/c1-4-16-36(17-5-1)37-30-32-40(33-31-37)61-48-27-12-10-22-42(48)44-34-35-45-43-23-11-13-28-49(43)62(53(45)52(44)61)57-59-55(39-20-8-3-9-21-39)58-56(60-57)47-26-15-29-50-51(47)46-25-14-24-41(54(46)63-50)38-18-6-2-7-19-38/h1-35H. The number of benzene rings is 9. The Labute approximate surface area is 361 Å². The molecule has 0 radical (unpaired) electrons. The van der Waals surface area contributed by atoms with E-state index in [9.17, 15) is 0 Å². The van der Waals surface area contributed by atoms with Gasteiger partial charge in [0.2, 0.25) is 5.95 Å². The topological polar surface area (TPSA) is 61.7 Å². The third-order valence-corrected chi connectivity index (χ3v) is 12.4. The van der Waals surface area contributed by atoms with Gasteiger partial charge in [-0.25, -0.2) is 4.98 Å². The van der Waals surface area contributed by atoms with Crippen LogP contribution in [0.3, 0.4) is 0 Å². The molecule has 0 spiro atoms. The van der Waals surface area contributed by atoms with Crippen LogP contribution < -0.4 is 0 Å². The summed E-state index contributed by atoms with van der Waals surface area (Å²) in [7, 11) is 0. The SMILES string of the molecule is c1ccc(-c2ccc(-n3c4ccccc4c4ccc5c6ccccc6n(-c6nc(-c7ccccc7)nc(-c7cccc8oc9c(-c%10ccccc%10)cccc9c78)n6)c5c43)cc2)cc1. The molecule has 13 rings (SSSR count). The lowest BCUT2D eigenvalue weighted by Crippen LogP contribution is -2.07. The van der Waals surface area contributed by atoms with Crippen LogP contribution in [0.2, 0.25) is 0 Å². The Bertz CT molecular complexity index is 3890. The number of para-hydroxylation sites is 3. The molecule has 0 bridgehead atoms. The van der Waals surface area contributed by atoms with E-state index in [1.54, 1.807) is 0 Å². The maximum absolute atomic E-state index is 6.72. The van der Waals surface area contributed by atoms with Gasteiger partial charge in [0.15, 0.2) is 11.6 Å². The van der Waals surface area contributed by atoms with Crippen LogP contribution in [-0.2, 0) is 0 Å². The molecule has 63 heavy (non-hydrogen) atoms. The molecule has 4 aromatic heterocycles. The molecule has 0 unspecified atom stereocenters. The molecule has 13 aromatic rings. The molecule has 0 saturated carbocycles. The Hall–Kier alpha value is -8.61. The molecule has 0 fully saturated rings. The number of furan rings is 1. The summed E-state index contributed by atoms with van der Waals surface area (Å²) in [6.45, 7) is 0. The van der Waals surface area contributed by atoms with Crippen LogP contribution in [0.15, 0.2) is 217 Å². The second-order valence-corrected chi connectivity index (χ2v) is 16.0. The van der Waals surface area contributed by atoms with Crippen LogP contribution in [0, 0.1) is 0 Å². The Morgan fingerprint density at radius 3 is 1.56 bits per heavy atom. The highest BCUT2D eigenvalue weighted by atomic mass is 16.3. The van der Waals surface area contributed by atoms with E-state index in [4.69, 9.17) is 19.4 Å². The second kappa shape index (κ2) is 14.0. The fourth-order valence-corrected chi connectivity index (χ4v) is 9.59.